The molecule has 96 valence electrons. The summed E-state index contributed by atoms with van der Waals surface area (Å²) in [6.07, 6.45) is 0. The first-order valence-electron chi connectivity index (χ1n) is 5.72. The molecule has 5 heteroatoms. The predicted molar refractivity (Wildman–Crippen MR) is 78.0 cm³/mol. The van der Waals surface area contributed by atoms with Gasteiger partial charge < -0.3 is 5.73 Å². The Hall–Kier alpha value is -0.840. The largest absolute Gasteiger partial charge is 0.328 e. The van der Waals surface area contributed by atoms with Crippen molar-refractivity contribution < 1.29 is 0 Å². The van der Waals surface area contributed by atoms with E-state index in [0.717, 1.165) is 21.4 Å². The molecule has 3 nitrogen and oxygen atoms in total. The highest BCUT2D eigenvalue weighted by Gasteiger charge is 2.20. The second kappa shape index (κ2) is 5.43. The van der Waals surface area contributed by atoms with Crippen LogP contribution in [0.3, 0.4) is 0 Å². The highest BCUT2D eigenvalue weighted by molar-refractivity contribution is 9.10. The van der Waals surface area contributed by atoms with Crippen molar-refractivity contribution in [3.63, 3.8) is 0 Å². The van der Waals surface area contributed by atoms with Crippen LogP contribution in [0.15, 0.2) is 28.7 Å². The fraction of sp³-hybridized carbons (Fsp3) is 0.308. The Morgan fingerprint density at radius 3 is 2.56 bits per heavy atom. The highest BCUT2D eigenvalue weighted by atomic mass is 79.9. The predicted octanol–water partition coefficient (Wildman–Crippen LogP) is 3.46. The minimum absolute atomic E-state index is 0.00762. The van der Waals surface area contributed by atoms with Crippen LogP contribution in [-0.4, -0.2) is 16.3 Å². The van der Waals surface area contributed by atoms with Crippen LogP contribution in [0, 0.1) is 13.8 Å². The lowest BCUT2D eigenvalue weighted by Crippen LogP contribution is -2.23. The Kier molecular flexibility index (Phi) is 4.10. The maximum atomic E-state index is 6.19. The van der Waals surface area contributed by atoms with Gasteiger partial charge in [0.05, 0.1) is 22.5 Å². The number of nitrogens with zero attached hydrogens (tertiary/aromatic N) is 2. The van der Waals surface area contributed by atoms with E-state index in [9.17, 15) is 0 Å². The number of halogens is 2. The van der Waals surface area contributed by atoms with Crippen LogP contribution in [0.1, 0.15) is 23.0 Å². The van der Waals surface area contributed by atoms with E-state index < -0.39 is 0 Å². The van der Waals surface area contributed by atoms with Crippen LogP contribution in [0.25, 0.3) is 0 Å². The Balaban J connectivity index is 2.52. The Morgan fingerprint density at radius 1 is 1.39 bits per heavy atom. The van der Waals surface area contributed by atoms with Gasteiger partial charge in [0, 0.05) is 11.0 Å². The van der Waals surface area contributed by atoms with Crippen LogP contribution < -0.4 is 5.73 Å². The van der Waals surface area contributed by atoms with E-state index in [2.05, 4.69) is 21.0 Å². The Bertz CT molecular complexity index is 565. The lowest BCUT2D eigenvalue weighted by Gasteiger charge is -2.19. The minimum atomic E-state index is -0.00762. The quantitative estimate of drug-likeness (QED) is 0.937. The number of rotatable bonds is 3. The molecule has 2 aromatic rings. The fourth-order valence-electron chi connectivity index (χ4n) is 2.05. The summed E-state index contributed by atoms with van der Waals surface area (Å²) in [5, 5.41) is 5.19. The minimum Gasteiger partial charge on any atom is -0.328 e. The monoisotopic (exact) mass is 327 g/mol. The molecule has 2 rings (SSSR count). The second-order valence-electron chi connectivity index (χ2n) is 4.20. The molecule has 0 aliphatic carbocycles. The summed E-state index contributed by atoms with van der Waals surface area (Å²) in [5.74, 6) is 0. The third-order valence-corrected chi connectivity index (χ3v) is 4.29. The first kappa shape index (κ1) is 13.6. The molecule has 0 amide bonds. The number of hydrogen-bond acceptors (Lipinski definition) is 2. The standard InChI is InChI=1S/C13H15BrClN3/c1-8-13(15)9(2)18(17-8)12(7-16)10-5-3-4-6-11(10)14/h3-6,12H,7,16H2,1-2H3. The summed E-state index contributed by atoms with van der Waals surface area (Å²) in [6.45, 7) is 4.34. The van der Waals surface area contributed by atoms with Gasteiger partial charge in [-0.1, -0.05) is 45.7 Å². The number of hydrogen-bond donors (Lipinski definition) is 1. The summed E-state index contributed by atoms with van der Waals surface area (Å²) in [5.41, 5.74) is 8.80. The van der Waals surface area contributed by atoms with Crippen molar-refractivity contribution in [1.29, 1.82) is 0 Å². The van der Waals surface area contributed by atoms with Crippen molar-refractivity contribution in [3.05, 3.63) is 50.7 Å². The molecular weight excluding hydrogens is 314 g/mol. The highest BCUT2D eigenvalue weighted by Crippen LogP contribution is 2.29. The zero-order chi connectivity index (χ0) is 13.3. The zero-order valence-electron chi connectivity index (χ0n) is 10.3. The van der Waals surface area contributed by atoms with Crippen LogP contribution >= 0.6 is 27.5 Å². The van der Waals surface area contributed by atoms with E-state index in [1.807, 2.05) is 42.8 Å². The van der Waals surface area contributed by atoms with Gasteiger partial charge in [0.15, 0.2) is 0 Å². The molecule has 1 heterocycles. The molecule has 2 N–H and O–H groups in total. The average molecular weight is 329 g/mol. The SMILES string of the molecule is Cc1nn(C(CN)c2ccccc2Br)c(C)c1Cl. The van der Waals surface area contributed by atoms with E-state index in [-0.39, 0.29) is 6.04 Å². The van der Waals surface area contributed by atoms with Gasteiger partial charge in [-0.2, -0.15) is 5.10 Å². The fourth-order valence-corrected chi connectivity index (χ4v) is 2.72. The van der Waals surface area contributed by atoms with Crippen molar-refractivity contribution in [2.45, 2.75) is 19.9 Å². The molecule has 0 saturated heterocycles. The number of aryl methyl sites for hydroxylation is 1. The maximum absolute atomic E-state index is 6.19. The Labute approximate surface area is 120 Å². The summed E-state index contributed by atoms with van der Waals surface area (Å²) < 4.78 is 2.93. The topological polar surface area (TPSA) is 43.8 Å². The molecule has 0 fully saturated rings. The molecule has 0 saturated carbocycles. The van der Waals surface area contributed by atoms with E-state index in [0.29, 0.717) is 11.6 Å². The Morgan fingerprint density at radius 2 is 2.06 bits per heavy atom. The van der Waals surface area contributed by atoms with E-state index >= 15 is 0 Å². The first-order chi connectivity index (χ1) is 8.56. The van der Waals surface area contributed by atoms with E-state index in [1.165, 1.54) is 0 Å². The van der Waals surface area contributed by atoms with Crippen LogP contribution in [0.4, 0.5) is 0 Å². The smallest absolute Gasteiger partial charge is 0.0905 e. The molecule has 1 aromatic heterocycles. The number of nitrogens with two attached hydrogens (primary N) is 1. The summed E-state index contributed by atoms with van der Waals surface area (Å²) in [7, 11) is 0. The molecule has 18 heavy (non-hydrogen) atoms. The van der Waals surface area contributed by atoms with Crippen LogP contribution in [0.2, 0.25) is 5.02 Å². The third-order valence-electron chi connectivity index (χ3n) is 3.02. The molecule has 0 aliphatic heterocycles. The lowest BCUT2D eigenvalue weighted by atomic mass is 10.1. The van der Waals surface area contributed by atoms with Crippen LogP contribution in [0.5, 0.6) is 0 Å². The summed E-state index contributed by atoms with van der Waals surface area (Å²) in [4.78, 5) is 0. The number of benzene rings is 1. The van der Waals surface area contributed by atoms with Gasteiger partial charge in [0.25, 0.3) is 0 Å². The zero-order valence-corrected chi connectivity index (χ0v) is 12.7. The normalized spacial score (nSPS) is 12.7. The van der Waals surface area contributed by atoms with Gasteiger partial charge in [-0.05, 0) is 25.5 Å². The molecule has 0 aliphatic rings. The van der Waals surface area contributed by atoms with Gasteiger partial charge in [0.2, 0.25) is 0 Å². The van der Waals surface area contributed by atoms with E-state index in [1.54, 1.807) is 0 Å². The van der Waals surface area contributed by atoms with Crippen molar-refractivity contribution in [2.75, 3.05) is 6.54 Å². The van der Waals surface area contributed by atoms with Crippen molar-refractivity contribution in [1.82, 2.24) is 9.78 Å². The second-order valence-corrected chi connectivity index (χ2v) is 5.43. The van der Waals surface area contributed by atoms with Gasteiger partial charge >= 0.3 is 0 Å². The summed E-state index contributed by atoms with van der Waals surface area (Å²) >= 11 is 9.75. The first-order valence-corrected chi connectivity index (χ1v) is 6.89. The maximum Gasteiger partial charge on any atom is 0.0905 e. The molecule has 1 unspecified atom stereocenters. The molecule has 0 spiro atoms. The average Bonchev–Trinajstić information content (AvgIpc) is 2.61. The van der Waals surface area contributed by atoms with Gasteiger partial charge in [-0.15, -0.1) is 0 Å². The van der Waals surface area contributed by atoms with Gasteiger partial charge in [-0.25, -0.2) is 0 Å². The van der Waals surface area contributed by atoms with Gasteiger partial charge in [-0.3, -0.25) is 4.68 Å². The molecular formula is C13H15BrClN3. The van der Waals surface area contributed by atoms with Crippen molar-refractivity contribution in [2.24, 2.45) is 5.73 Å². The molecule has 1 aromatic carbocycles. The van der Waals surface area contributed by atoms with Gasteiger partial charge in [0.1, 0.15) is 0 Å². The third kappa shape index (κ3) is 2.32. The van der Waals surface area contributed by atoms with Crippen LogP contribution in [-0.2, 0) is 0 Å². The number of aromatic nitrogens is 2. The molecule has 0 bridgehead atoms. The molecule has 1 atom stereocenters. The summed E-state index contributed by atoms with van der Waals surface area (Å²) in [6, 6.07) is 8.02. The molecule has 0 radical (unpaired) electrons. The van der Waals surface area contributed by atoms with Crippen molar-refractivity contribution in [3.8, 4) is 0 Å². The van der Waals surface area contributed by atoms with E-state index in [4.69, 9.17) is 17.3 Å². The lowest BCUT2D eigenvalue weighted by molar-refractivity contribution is 0.515. The van der Waals surface area contributed by atoms with Crippen molar-refractivity contribution >= 4 is 27.5 Å².